The monoisotopic (exact) mass is 242 g/mol. The molecule has 0 saturated heterocycles. The Kier molecular flexibility index (Phi) is 5.15. The van der Waals surface area contributed by atoms with Crippen LogP contribution in [0.25, 0.3) is 0 Å². The van der Waals surface area contributed by atoms with Crippen LogP contribution in [0.5, 0.6) is 0 Å². The van der Waals surface area contributed by atoms with Gasteiger partial charge in [-0.3, -0.25) is 10.00 Å². The maximum Gasteiger partial charge on any atom is 0.195 e. The van der Waals surface area contributed by atoms with E-state index in [2.05, 4.69) is 47.6 Å². The Morgan fingerprint density at radius 1 is 1.44 bits per heavy atom. The first-order chi connectivity index (χ1) is 7.61. The molecule has 0 aliphatic rings. The first kappa shape index (κ1) is 13.4. The standard InChI is InChI=1S/C11H22N4S/c1-5-7-8-15-10(12-13-11(15)16)9(6-2)14(3)4/h9H,5-8H2,1-4H3,(H,13,16)/t9-/m0/s1. The predicted octanol–water partition coefficient (Wildman–Crippen LogP) is 2.75. The molecule has 0 saturated carbocycles. The molecule has 1 heterocycles. The molecular weight excluding hydrogens is 220 g/mol. The lowest BCUT2D eigenvalue weighted by molar-refractivity contribution is 0.271. The zero-order valence-corrected chi connectivity index (χ0v) is 11.5. The summed E-state index contributed by atoms with van der Waals surface area (Å²) in [6, 6.07) is 0.338. The fourth-order valence-electron chi connectivity index (χ4n) is 1.90. The SMILES string of the molecule is CCCCn1c([C@H](CC)N(C)C)n[nH]c1=S. The zero-order valence-electron chi connectivity index (χ0n) is 10.7. The van der Waals surface area contributed by atoms with Crippen LogP contribution < -0.4 is 0 Å². The highest BCUT2D eigenvalue weighted by Crippen LogP contribution is 2.20. The van der Waals surface area contributed by atoms with Crippen LogP contribution in [0.2, 0.25) is 0 Å². The molecule has 1 aromatic rings. The number of hydrogen-bond donors (Lipinski definition) is 1. The number of H-pyrrole nitrogens is 1. The lowest BCUT2D eigenvalue weighted by atomic mass is 10.2. The molecule has 0 unspecified atom stereocenters. The zero-order chi connectivity index (χ0) is 12.1. The molecule has 0 aromatic carbocycles. The fourth-order valence-corrected chi connectivity index (χ4v) is 2.13. The second-order valence-electron chi connectivity index (χ2n) is 4.28. The number of nitrogens with one attached hydrogen (secondary N) is 1. The van der Waals surface area contributed by atoms with Crippen molar-refractivity contribution in [3.05, 3.63) is 10.6 Å². The summed E-state index contributed by atoms with van der Waals surface area (Å²) in [6.45, 7) is 5.32. The Morgan fingerprint density at radius 2 is 2.12 bits per heavy atom. The van der Waals surface area contributed by atoms with Crippen LogP contribution in [0.1, 0.15) is 45.0 Å². The summed E-state index contributed by atoms with van der Waals surface area (Å²) in [5.74, 6) is 1.06. The van der Waals surface area contributed by atoms with E-state index in [-0.39, 0.29) is 0 Å². The van der Waals surface area contributed by atoms with Crippen molar-refractivity contribution in [2.45, 2.75) is 45.7 Å². The van der Waals surface area contributed by atoms with Gasteiger partial charge >= 0.3 is 0 Å². The molecule has 0 radical (unpaired) electrons. The summed E-state index contributed by atoms with van der Waals surface area (Å²) >= 11 is 5.27. The van der Waals surface area contributed by atoms with Crippen LogP contribution in [0.3, 0.4) is 0 Å². The van der Waals surface area contributed by atoms with Crippen LogP contribution in [0.4, 0.5) is 0 Å². The molecule has 5 heteroatoms. The largest absolute Gasteiger partial charge is 0.303 e. The molecule has 1 aromatic heterocycles. The van der Waals surface area contributed by atoms with E-state index >= 15 is 0 Å². The van der Waals surface area contributed by atoms with Crippen molar-refractivity contribution in [3.63, 3.8) is 0 Å². The minimum atomic E-state index is 0.338. The number of rotatable bonds is 6. The third-order valence-electron chi connectivity index (χ3n) is 2.83. The lowest BCUT2D eigenvalue weighted by Gasteiger charge is -2.22. The van der Waals surface area contributed by atoms with Crippen molar-refractivity contribution < 1.29 is 0 Å². The minimum Gasteiger partial charge on any atom is -0.303 e. The Hall–Kier alpha value is -0.680. The first-order valence-electron chi connectivity index (χ1n) is 5.93. The number of aromatic amines is 1. The van der Waals surface area contributed by atoms with Gasteiger partial charge in [-0.05, 0) is 39.2 Å². The summed E-state index contributed by atoms with van der Waals surface area (Å²) in [4.78, 5) is 2.19. The van der Waals surface area contributed by atoms with Gasteiger partial charge in [-0.25, -0.2) is 0 Å². The Bertz CT molecular complexity index is 366. The first-order valence-corrected chi connectivity index (χ1v) is 6.34. The molecule has 0 amide bonds. The number of nitrogens with zero attached hydrogens (tertiary/aromatic N) is 3. The minimum absolute atomic E-state index is 0.338. The van der Waals surface area contributed by atoms with Crippen LogP contribution in [0, 0.1) is 4.77 Å². The van der Waals surface area contributed by atoms with Gasteiger partial charge in [0.2, 0.25) is 0 Å². The lowest BCUT2D eigenvalue weighted by Crippen LogP contribution is -2.23. The molecule has 0 bridgehead atoms. The van der Waals surface area contributed by atoms with Crippen LogP contribution in [-0.4, -0.2) is 33.8 Å². The van der Waals surface area contributed by atoms with Crippen molar-refractivity contribution in [2.75, 3.05) is 14.1 Å². The molecule has 1 rings (SSSR count). The van der Waals surface area contributed by atoms with E-state index in [0.29, 0.717) is 6.04 Å². The van der Waals surface area contributed by atoms with E-state index in [9.17, 15) is 0 Å². The van der Waals surface area contributed by atoms with E-state index in [4.69, 9.17) is 12.2 Å². The average molecular weight is 242 g/mol. The van der Waals surface area contributed by atoms with Gasteiger partial charge in [-0.1, -0.05) is 20.3 Å². The summed E-state index contributed by atoms with van der Waals surface area (Å²) in [6.07, 6.45) is 3.36. The highest BCUT2D eigenvalue weighted by Gasteiger charge is 2.18. The van der Waals surface area contributed by atoms with Crippen LogP contribution in [0.15, 0.2) is 0 Å². The molecule has 0 spiro atoms. The van der Waals surface area contributed by atoms with Crippen molar-refractivity contribution in [1.82, 2.24) is 19.7 Å². The highest BCUT2D eigenvalue weighted by molar-refractivity contribution is 7.71. The second-order valence-corrected chi connectivity index (χ2v) is 4.67. The van der Waals surface area contributed by atoms with Crippen molar-refractivity contribution >= 4 is 12.2 Å². The Labute approximate surface area is 103 Å². The maximum atomic E-state index is 5.27. The fraction of sp³-hybridized carbons (Fsp3) is 0.818. The summed E-state index contributed by atoms with van der Waals surface area (Å²) < 4.78 is 2.87. The van der Waals surface area contributed by atoms with Gasteiger partial charge in [0.25, 0.3) is 0 Å². The van der Waals surface area contributed by atoms with Gasteiger partial charge in [-0.15, -0.1) is 0 Å². The molecule has 0 aliphatic heterocycles. The summed E-state index contributed by atoms with van der Waals surface area (Å²) in [5, 5.41) is 7.27. The quantitative estimate of drug-likeness (QED) is 0.779. The smallest absolute Gasteiger partial charge is 0.195 e. The topological polar surface area (TPSA) is 36.9 Å². The van der Waals surface area contributed by atoms with Gasteiger partial charge < -0.3 is 4.57 Å². The normalized spacial score (nSPS) is 13.3. The molecule has 0 fully saturated rings. The molecule has 1 N–H and O–H groups in total. The van der Waals surface area contributed by atoms with E-state index in [1.807, 2.05) is 0 Å². The van der Waals surface area contributed by atoms with E-state index in [1.54, 1.807) is 0 Å². The summed E-state index contributed by atoms with van der Waals surface area (Å²) in [7, 11) is 4.16. The molecule has 92 valence electrons. The van der Waals surface area contributed by atoms with E-state index in [0.717, 1.165) is 30.0 Å². The van der Waals surface area contributed by atoms with E-state index < -0.39 is 0 Å². The molecule has 0 aliphatic carbocycles. The predicted molar refractivity (Wildman–Crippen MR) is 69.0 cm³/mol. The Morgan fingerprint density at radius 3 is 2.62 bits per heavy atom. The number of hydrogen-bond acceptors (Lipinski definition) is 3. The van der Waals surface area contributed by atoms with Gasteiger partial charge in [0.1, 0.15) is 5.82 Å². The summed E-state index contributed by atoms with van der Waals surface area (Å²) in [5.41, 5.74) is 0. The number of unbranched alkanes of at least 4 members (excludes halogenated alkanes) is 1. The molecule has 1 atom stereocenters. The van der Waals surface area contributed by atoms with Crippen molar-refractivity contribution in [3.8, 4) is 0 Å². The van der Waals surface area contributed by atoms with Gasteiger partial charge in [0.15, 0.2) is 4.77 Å². The average Bonchev–Trinajstić information content (AvgIpc) is 2.58. The second kappa shape index (κ2) is 6.15. The van der Waals surface area contributed by atoms with Gasteiger partial charge in [0.05, 0.1) is 6.04 Å². The van der Waals surface area contributed by atoms with Gasteiger partial charge in [-0.2, -0.15) is 5.10 Å². The number of aromatic nitrogens is 3. The van der Waals surface area contributed by atoms with Gasteiger partial charge in [0, 0.05) is 6.54 Å². The van der Waals surface area contributed by atoms with Crippen LogP contribution in [-0.2, 0) is 6.54 Å². The van der Waals surface area contributed by atoms with Crippen molar-refractivity contribution in [1.29, 1.82) is 0 Å². The highest BCUT2D eigenvalue weighted by atomic mass is 32.1. The Balaban J connectivity index is 2.98. The maximum absolute atomic E-state index is 5.27. The molecular formula is C11H22N4S. The molecule has 16 heavy (non-hydrogen) atoms. The third-order valence-corrected chi connectivity index (χ3v) is 3.14. The van der Waals surface area contributed by atoms with E-state index in [1.165, 1.54) is 6.42 Å². The van der Waals surface area contributed by atoms with Crippen molar-refractivity contribution in [2.24, 2.45) is 0 Å². The third kappa shape index (κ3) is 2.92. The molecule has 4 nitrogen and oxygen atoms in total. The van der Waals surface area contributed by atoms with Crippen LogP contribution >= 0.6 is 12.2 Å².